The minimum Gasteiger partial charge on any atom is -0.211 e. The molecule has 0 aromatic heterocycles. The molecule has 0 fully saturated rings. The van der Waals surface area contributed by atoms with Crippen molar-refractivity contribution in [2.24, 2.45) is 0 Å². The van der Waals surface area contributed by atoms with Gasteiger partial charge in [-0.3, -0.25) is 0 Å². The highest BCUT2D eigenvalue weighted by atomic mass is 19.3. The molecule has 2 heteroatoms. The van der Waals surface area contributed by atoms with Crippen LogP contribution in [-0.2, 0) is 0 Å². The van der Waals surface area contributed by atoms with Crippen LogP contribution in [-0.4, -0.2) is 6.43 Å². The molecular formula is C13H20F2. The van der Waals surface area contributed by atoms with Crippen LogP contribution in [0, 0.1) is 0 Å². The lowest BCUT2D eigenvalue weighted by Crippen LogP contribution is -1.97. The first-order chi connectivity index (χ1) is 7.20. The van der Waals surface area contributed by atoms with Crippen LogP contribution in [0.25, 0.3) is 0 Å². The van der Waals surface area contributed by atoms with E-state index in [1.54, 1.807) is 0 Å². The van der Waals surface area contributed by atoms with Crippen LogP contribution >= 0.6 is 0 Å². The molecule has 0 aliphatic carbocycles. The van der Waals surface area contributed by atoms with E-state index in [4.69, 9.17) is 0 Å². The van der Waals surface area contributed by atoms with E-state index >= 15 is 0 Å². The van der Waals surface area contributed by atoms with Gasteiger partial charge in [0.05, 0.1) is 0 Å². The predicted octanol–water partition coefficient (Wildman–Crippen LogP) is 4.86. The molecule has 0 amide bonds. The summed E-state index contributed by atoms with van der Waals surface area (Å²) in [6.07, 6.45) is -1.62. The fraction of sp³-hybridized carbons (Fsp3) is 0.538. The second-order valence-corrected chi connectivity index (χ2v) is 3.28. The van der Waals surface area contributed by atoms with Gasteiger partial charge in [0.2, 0.25) is 6.43 Å². The van der Waals surface area contributed by atoms with E-state index in [0.717, 1.165) is 5.56 Å². The second kappa shape index (κ2) is 8.39. The molecule has 1 aromatic rings. The first-order valence-electron chi connectivity index (χ1n) is 5.53. The van der Waals surface area contributed by atoms with Crippen LogP contribution in [0.5, 0.6) is 0 Å². The summed E-state index contributed by atoms with van der Waals surface area (Å²) in [6.45, 7) is 5.98. The Morgan fingerprint density at radius 3 is 2.00 bits per heavy atom. The molecule has 86 valence electrons. The zero-order chi connectivity index (χ0) is 11.7. The third-order valence-electron chi connectivity index (χ3n) is 2.19. The van der Waals surface area contributed by atoms with E-state index in [0.29, 0.717) is 6.42 Å². The Bertz CT molecular complexity index is 232. The van der Waals surface area contributed by atoms with Gasteiger partial charge in [0.1, 0.15) is 0 Å². The molecule has 0 bridgehead atoms. The fourth-order valence-corrected chi connectivity index (χ4v) is 1.32. The highest BCUT2D eigenvalue weighted by molar-refractivity contribution is 5.18. The van der Waals surface area contributed by atoms with Gasteiger partial charge >= 0.3 is 0 Å². The average molecular weight is 214 g/mol. The van der Waals surface area contributed by atoms with Gasteiger partial charge in [-0.25, -0.2) is 8.78 Å². The fourth-order valence-electron chi connectivity index (χ4n) is 1.32. The summed E-state index contributed by atoms with van der Waals surface area (Å²) in [7, 11) is 0. The molecule has 0 saturated heterocycles. The Balaban J connectivity index is 0.000000921. The van der Waals surface area contributed by atoms with Crippen molar-refractivity contribution >= 4 is 0 Å². The molecule has 0 aliphatic heterocycles. The van der Waals surface area contributed by atoms with Gasteiger partial charge in [-0.2, -0.15) is 0 Å². The Kier molecular flexibility index (Phi) is 7.88. The highest BCUT2D eigenvalue weighted by Gasteiger charge is 2.08. The van der Waals surface area contributed by atoms with Gasteiger partial charge in [0.15, 0.2) is 0 Å². The molecule has 1 unspecified atom stereocenters. The van der Waals surface area contributed by atoms with E-state index < -0.39 is 6.43 Å². The lowest BCUT2D eigenvalue weighted by Gasteiger charge is -2.10. The van der Waals surface area contributed by atoms with Crippen molar-refractivity contribution in [2.75, 3.05) is 0 Å². The van der Waals surface area contributed by atoms with Gasteiger partial charge in [-0.15, -0.1) is 0 Å². The summed E-state index contributed by atoms with van der Waals surface area (Å²) in [5, 5.41) is 0. The molecule has 0 nitrogen and oxygen atoms in total. The van der Waals surface area contributed by atoms with Gasteiger partial charge in [-0.1, -0.05) is 51.1 Å². The third kappa shape index (κ3) is 6.21. The van der Waals surface area contributed by atoms with Crippen LogP contribution in [0.4, 0.5) is 8.78 Å². The summed E-state index contributed by atoms with van der Waals surface area (Å²) in [5.41, 5.74) is 1.14. The average Bonchev–Trinajstić information content (AvgIpc) is 2.30. The van der Waals surface area contributed by atoms with Crippen molar-refractivity contribution in [1.29, 1.82) is 0 Å². The summed E-state index contributed by atoms with van der Waals surface area (Å²) >= 11 is 0. The number of rotatable bonds is 4. The van der Waals surface area contributed by atoms with Crippen LogP contribution in [0.2, 0.25) is 0 Å². The van der Waals surface area contributed by atoms with E-state index in [1.807, 2.05) is 51.1 Å². The van der Waals surface area contributed by atoms with E-state index in [-0.39, 0.29) is 12.3 Å². The maximum Gasteiger partial charge on any atom is 0.238 e. The standard InChI is InChI=1S/C11H14F2.C2H6/c1-9(7-8-11(12)13)10-5-3-2-4-6-10;1-2/h2-6,9,11H,7-8H2,1H3;1-2H3. The molecule has 0 saturated carbocycles. The van der Waals surface area contributed by atoms with Crippen LogP contribution in [0.3, 0.4) is 0 Å². The lowest BCUT2D eigenvalue weighted by atomic mass is 9.96. The minimum absolute atomic E-state index is 0.00391. The van der Waals surface area contributed by atoms with Crippen molar-refractivity contribution in [3.8, 4) is 0 Å². The Morgan fingerprint density at radius 1 is 1.00 bits per heavy atom. The summed E-state index contributed by atoms with van der Waals surface area (Å²) in [6, 6.07) is 9.78. The first-order valence-corrected chi connectivity index (χ1v) is 5.53. The van der Waals surface area contributed by atoms with Crippen LogP contribution in [0.1, 0.15) is 45.1 Å². The topological polar surface area (TPSA) is 0 Å². The zero-order valence-corrected chi connectivity index (χ0v) is 9.71. The molecule has 0 aliphatic rings. The smallest absolute Gasteiger partial charge is 0.211 e. The zero-order valence-electron chi connectivity index (χ0n) is 9.71. The Morgan fingerprint density at radius 2 is 1.53 bits per heavy atom. The summed E-state index contributed by atoms with van der Waals surface area (Å²) in [4.78, 5) is 0. The predicted molar refractivity (Wildman–Crippen MR) is 61.4 cm³/mol. The molecule has 0 heterocycles. The SMILES string of the molecule is CC.CC(CCC(F)F)c1ccccc1. The van der Waals surface area contributed by atoms with E-state index in [9.17, 15) is 8.78 Å². The van der Waals surface area contributed by atoms with E-state index in [1.165, 1.54) is 0 Å². The van der Waals surface area contributed by atoms with Crippen molar-refractivity contribution in [3.63, 3.8) is 0 Å². The Labute approximate surface area is 91.3 Å². The number of halogens is 2. The normalized spacial score (nSPS) is 11.9. The summed E-state index contributed by atoms with van der Waals surface area (Å²) in [5.74, 6) is 0.232. The quantitative estimate of drug-likeness (QED) is 0.671. The monoisotopic (exact) mass is 214 g/mol. The minimum atomic E-state index is -2.17. The Hall–Kier alpha value is -0.920. The van der Waals surface area contributed by atoms with Gasteiger partial charge < -0.3 is 0 Å². The number of benzene rings is 1. The second-order valence-electron chi connectivity index (χ2n) is 3.28. The number of hydrogen-bond donors (Lipinski definition) is 0. The van der Waals surface area contributed by atoms with Gasteiger partial charge in [0, 0.05) is 6.42 Å². The molecular weight excluding hydrogens is 194 g/mol. The van der Waals surface area contributed by atoms with Crippen molar-refractivity contribution < 1.29 is 8.78 Å². The van der Waals surface area contributed by atoms with Gasteiger partial charge in [0.25, 0.3) is 0 Å². The molecule has 0 spiro atoms. The molecule has 1 rings (SSSR count). The largest absolute Gasteiger partial charge is 0.238 e. The third-order valence-corrected chi connectivity index (χ3v) is 2.19. The molecule has 1 atom stereocenters. The van der Waals surface area contributed by atoms with Crippen LogP contribution < -0.4 is 0 Å². The maximum absolute atomic E-state index is 11.9. The highest BCUT2D eigenvalue weighted by Crippen LogP contribution is 2.21. The summed E-state index contributed by atoms with van der Waals surface area (Å²) < 4.78 is 23.8. The van der Waals surface area contributed by atoms with E-state index in [2.05, 4.69) is 0 Å². The lowest BCUT2D eigenvalue weighted by molar-refractivity contribution is 0.132. The van der Waals surface area contributed by atoms with Crippen molar-refractivity contribution in [3.05, 3.63) is 35.9 Å². The molecule has 0 radical (unpaired) electrons. The maximum atomic E-state index is 11.9. The first kappa shape index (κ1) is 14.1. The molecule has 15 heavy (non-hydrogen) atoms. The van der Waals surface area contributed by atoms with Crippen molar-refractivity contribution in [2.45, 2.75) is 46.0 Å². The number of alkyl halides is 2. The van der Waals surface area contributed by atoms with Crippen molar-refractivity contribution in [1.82, 2.24) is 0 Å². The van der Waals surface area contributed by atoms with Crippen LogP contribution in [0.15, 0.2) is 30.3 Å². The molecule has 0 N–H and O–H groups in total. The van der Waals surface area contributed by atoms with Gasteiger partial charge in [-0.05, 0) is 17.9 Å². The number of hydrogen-bond acceptors (Lipinski definition) is 0. The molecule has 1 aromatic carbocycles.